The number of pyridine rings is 1. The van der Waals surface area contributed by atoms with E-state index in [1.165, 1.54) is 0 Å². The molecule has 2 rings (SSSR count). The lowest BCUT2D eigenvalue weighted by Gasteiger charge is -2.02. The van der Waals surface area contributed by atoms with Gasteiger partial charge in [-0.1, -0.05) is 24.3 Å². The van der Waals surface area contributed by atoms with Gasteiger partial charge < -0.3 is 5.32 Å². The number of hydrogen-bond acceptors (Lipinski definition) is 5. The molecule has 19 heavy (non-hydrogen) atoms. The number of nitrogens with zero attached hydrogens (tertiary/aromatic N) is 3. The number of aromatic nitrogens is 3. The summed E-state index contributed by atoms with van der Waals surface area (Å²) in [6, 6.07) is 3.85. The summed E-state index contributed by atoms with van der Waals surface area (Å²) >= 11 is 1.54. The topological polar surface area (TPSA) is 67.8 Å². The maximum atomic E-state index is 11.7. The van der Waals surface area contributed by atoms with Gasteiger partial charge in [0.2, 0.25) is 5.91 Å². The van der Waals surface area contributed by atoms with Gasteiger partial charge in [0.05, 0.1) is 6.54 Å². The Morgan fingerprint density at radius 2 is 2.21 bits per heavy atom. The van der Waals surface area contributed by atoms with E-state index in [9.17, 15) is 4.79 Å². The fourth-order valence-electron chi connectivity index (χ4n) is 1.57. The van der Waals surface area contributed by atoms with Gasteiger partial charge in [-0.05, 0) is 24.5 Å². The molecule has 100 valence electrons. The van der Waals surface area contributed by atoms with E-state index in [1.807, 2.05) is 19.1 Å². The van der Waals surface area contributed by atoms with Crippen molar-refractivity contribution in [2.45, 2.75) is 32.7 Å². The molecule has 0 bridgehead atoms. The first kappa shape index (κ1) is 13.6. The van der Waals surface area contributed by atoms with Crippen LogP contribution in [0.1, 0.15) is 28.9 Å². The average molecular weight is 276 g/mol. The van der Waals surface area contributed by atoms with E-state index in [0.717, 1.165) is 22.0 Å². The van der Waals surface area contributed by atoms with Crippen LogP contribution in [0.2, 0.25) is 0 Å². The van der Waals surface area contributed by atoms with Gasteiger partial charge in [-0.15, -0.1) is 10.2 Å². The van der Waals surface area contributed by atoms with Crippen molar-refractivity contribution in [3.63, 3.8) is 0 Å². The second-order valence-corrected chi connectivity index (χ2v) is 5.23. The molecule has 0 fully saturated rings. The minimum absolute atomic E-state index is 0.0251. The van der Waals surface area contributed by atoms with Gasteiger partial charge in [-0.2, -0.15) is 0 Å². The predicted octanol–water partition coefficient (Wildman–Crippen LogP) is 1.74. The second kappa shape index (κ2) is 6.94. The second-order valence-electron chi connectivity index (χ2n) is 4.08. The molecule has 0 saturated heterocycles. The van der Waals surface area contributed by atoms with Gasteiger partial charge in [-0.25, -0.2) is 0 Å². The minimum atomic E-state index is 0.0251. The summed E-state index contributed by atoms with van der Waals surface area (Å²) in [5.41, 5.74) is 1.07. The van der Waals surface area contributed by atoms with Crippen LogP contribution in [0.5, 0.6) is 0 Å². The van der Waals surface area contributed by atoms with E-state index in [0.29, 0.717) is 19.4 Å². The molecule has 0 radical (unpaired) electrons. The lowest BCUT2D eigenvalue weighted by molar-refractivity contribution is -0.121. The molecule has 5 nitrogen and oxygen atoms in total. The van der Waals surface area contributed by atoms with Crippen molar-refractivity contribution < 1.29 is 4.79 Å². The standard InChI is InChI=1S/C13H16N4OS/c1-2-12-16-17-13(19-12)9-15-11(18)6-5-10-4-3-7-14-8-10/h3-4,7-8H,2,5-6,9H2,1H3,(H,15,18). The zero-order valence-electron chi connectivity index (χ0n) is 10.8. The summed E-state index contributed by atoms with van der Waals surface area (Å²) in [5, 5.41) is 12.7. The quantitative estimate of drug-likeness (QED) is 0.872. The molecule has 0 unspecified atom stereocenters. The molecule has 0 aliphatic rings. The highest BCUT2D eigenvalue weighted by Crippen LogP contribution is 2.09. The third kappa shape index (κ3) is 4.40. The maximum Gasteiger partial charge on any atom is 0.220 e. The number of amides is 1. The number of hydrogen-bond donors (Lipinski definition) is 1. The summed E-state index contributed by atoms with van der Waals surface area (Å²) in [4.78, 5) is 15.7. The fraction of sp³-hybridized carbons (Fsp3) is 0.385. The van der Waals surface area contributed by atoms with E-state index < -0.39 is 0 Å². The highest BCUT2D eigenvalue weighted by molar-refractivity contribution is 7.11. The number of nitrogens with one attached hydrogen (secondary N) is 1. The third-order valence-electron chi connectivity index (χ3n) is 2.61. The average Bonchev–Trinajstić information content (AvgIpc) is 2.92. The van der Waals surface area contributed by atoms with Crippen molar-refractivity contribution in [1.82, 2.24) is 20.5 Å². The van der Waals surface area contributed by atoms with E-state index in [-0.39, 0.29) is 5.91 Å². The first-order valence-electron chi connectivity index (χ1n) is 6.24. The van der Waals surface area contributed by atoms with Crippen LogP contribution in [0.4, 0.5) is 0 Å². The van der Waals surface area contributed by atoms with E-state index >= 15 is 0 Å². The SMILES string of the molecule is CCc1nnc(CNC(=O)CCc2cccnc2)s1. The van der Waals surface area contributed by atoms with Crippen LogP contribution in [0.15, 0.2) is 24.5 Å². The van der Waals surface area contributed by atoms with Gasteiger partial charge in [0.25, 0.3) is 0 Å². The summed E-state index contributed by atoms with van der Waals surface area (Å²) in [6.45, 7) is 2.50. The molecule has 1 amide bonds. The Balaban J connectivity index is 1.73. The maximum absolute atomic E-state index is 11.7. The highest BCUT2D eigenvalue weighted by Gasteiger charge is 2.05. The Labute approximate surface area is 116 Å². The van der Waals surface area contributed by atoms with Crippen molar-refractivity contribution in [3.8, 4) is 0 Å². The first-order valence-corrected chi connectivity index (χ1v) is 7.06. The first-order chi connectivity index (χ1) is 9.28. The smallest absolute Gasteiger partial charge is 0.220 e. The summed E-state index contributed by atoms with van der Waals surface area (Å²) < 4.78 is 0. The Hall–Kier alpha value is -1.82. The molecule has 0 aromatic carbocycles. The number of carbonyl (C=O) groups excluding carboxylic acids is 1. The molecular weight excluding hydrogens is 260 g/mol. The Kier molecular flexibility index (Phi) is 4.97. The molecule has 2 heterocycles. The van der Waals surface area contributed by atoms with E-state index in [2.05, 4.69) is 20.5 Å². The molecule has 2 aromatic rings. The van der Waals surface area contributed by atoms with Gasteiger partial charge in [0.15, 0.2) is 0 Å². The lowest BCUT2D eigenvalue weighted by atomic mass is 10.1. The largest absolute Gasteiger partial charge is 0.350 e. The minimum Gasteiger partial charge on any atom is -0.350 e. The van der Waals surface area contributed by atoms with Crippen molar-refractivity contribution in [2.75, 3.05) is 0 Å². The molecule has 0 aliphatic carbocycles. The third-order valence-corrected chi connectivity index (χ3v) is 3.68. The lowest BCUT2D eigenvalue weighted by Crippen LogP contribution is -2.22. The van der Waals surface area contributed by atoms with Gasteiger partial charge in [0, 0.05) is 18.8 Å². The van der Waals surface area contributed by atoms with Gasteiger partial charge in [-0.3, -0.25) is 9.78 Å². The van der Waals surface area contributed by atoms with Crippen molar-refractivity contribution in [3.05, 3.63) is 40.1 Å². The number of rotatable bonds is 6. The van der Waals surface area contributed by atoms with Crippen LogP contribution in [0.3, 0.4) is 0 Å². The molecule has 0 spiro atoms. The van der Waals surface area contributed by atoms with Crippen LogP contribution in [0, 0.1) is 0 Å². The number of aryl methyl sites for hydroxylation is 2. The summed E-state index contributed by atoms with van der Waals surface area (Å²) in [6.07, 6.45) is 5.56. The molecule has 0 saturated carbocycles. The zero-order valence-corrected chi connectivity index (χ0v) is 11.6. The summed E-state index contributed by atoms with van der Waals surface area (Å²) in [7, 11) is 0. The van der Waals surface area contributed by atoms with Crippen LogP contribution >= 0.6 is 11.3 Å². The van der Waals surface area contributed by atoms with Crippen molar-refractivity contribution in [2.24, 2.45) is 0 Å². The van der Waals surface area contributed by atoms with Crippen LogP contribution in [-0.4, -0.2) is 21.1 Å². The van der Waals surface area contributed by atoms with Crippen molar-refractivity contribution in [1.29, 1.82) is 0 Å². The van der Waals surface area contributed by atoms with E-state index in [1.54, 1.807) is 23.7 Å². The molecular formula is C13H16N4OS. The van der Waals surface area contributed by atoms with E-state index in [4.69, 9.17) is 0 Å². The van der Waals surface area contributed by atoms with Crippen LogP contribution < -0.4 is 5.32 Å². The van der Waals surface area contributed by atoms with Crippen LogP contribution in [-0.2, 0) is 24.2 Å². The normalized spacial score (nSPS) is 10.4. The Morgan fingerprint density at radius 1 is 1.37 bits per heavy atom. The van der Waals surface area contributed by atoms with Crippen molar-refractivity contribution >= 4 is 17.2 Å². The monoisotopic (exact) mass is 276 g/mol. The summed E-state index contributed by atoms with van der Waals surface area (Å²) in [5.74, 6) is 0.0251. The predicted molar refractivity (Wildman–Crippen MR) is 73.7 cm³/mol. The van der Waals surface area contributed by atoms with Gasteiger partial charge in [0.1, 0.15) is 10.0 Å². The molecule has 6 heteroatoms. The number of carbonyl (C=O) groups is 1. The van der Waals surface area contributed by atoms with Crippen LogP contribution in [0.25, 0.3) is 0 Å². The fourth-order valence-corrected chi connectivity index (χ4v) is 2.29. The Morgan fingerprint density at radius 3 is 2.89 bits per heavy atom. The molecule has 0 aliphatic heterocycles. The Bertz CT molecular complexity index is 526. The molecule has 0 atom stereocenters. The molecule has 1 N–H and O–H groups in total. The highest BCUT2D eigenvalue weighted by atomic mass is 32.1. The van der Waals surface area contributed by atoms with Gasteiger partial charge >= 0.3 is 0 Å². The molecule has 2 aromatic heterocycles. The zero-order chi connectivity index (χ0) is 13.5.